The number of aromatic nitrogens is 1. The third kappa shape index (κ3) is 3.37. The van der Waals surface area contributed by atoms with Crippen LogP contribution in [0.25, 0.3) is 20.8 Å². The van der Waals surface area contributed by atoms with Gasteiger partial charge in [0.1, 0.15) is 5.01 Å². The van der Waals surface area contributed by atoms with Gasteiger partial charge in [-0.1, -0.05) is 30.3 Å². The molecule has 0 atom stereocenters. The van der Waals surface area contributed by atoms with Gasteiger partial charge < -0.3 is 5.32 Å². The van der Waals surface area contributed by atoms with Crippen molar-refractivity contribution in [2.45, 2.75) is 6.92 Å². The summed E-state index contributed by atoms with van der Waals surface area (Å²) >= 11 is 3.92. The van der Waals surface area contributed by atoms with Crippen LogP contribution in [0.3, 0.4) is 0 Å². The molecule has 0 aliphatic rings. The van der Waals surface area contributed by atoms with Crippen LogP contribution < -0.4 is 5.32 Å². The number of anilines is 1. The molecule has 4 rings (SSSR count). The van der Waals surface area contributed by atoms with E-state index in [0.717, 1.165) is 35.6 Å². The minimum atomic E-state index is -0.105. The van der Waals surface area contributed by atoms with Crippen molar-refractivity contribution < 1.29 is 4.79 Å². The number of thiazole rings is 1. The second-order valence-electron chi connectivity index (χ2n) is 5.95. The summed E-state index contributed by atoms with van der Waals surface area (Å²) < 4.78 is 2.24. The van der Waals surface area contributed by atoms with Crippen molar-refractivity contribution in [3.8, 4) is 10.6 Å². The number of fused-ring (bicyclic) bond motifs is 1. The first-order chi connectivity index (χ1) is 12.6. The quantitative estimate of drug-likeness (QED) is 0.366. The highest BCUT2D eigenvalue weighted by molar-refractivity contribution is 14.1. The zero-order chi connectivity index (χ0) is 18.1. The number of hydrogen-bond donors (Lipinski definition) is 1. The van der Waals surface area contributed by atoms with Crippen LogP contribution in [-0.2, 0) is 0 Å². The molecule has 4 aromatic rings. The van der Waals surface area contributed by atoms with Gasteiger partial charge in [0, 0.05) is 14.7 Å². The van der Waals surface area contributed by atoms with E-state index in [2.05, 4.69) is 40.0 Å². The number of carbonyl (C=O) groups excluding carboxylic acids is 1. The molecule has 3 nitrogen and oxygen atoms in total. The number of aryl methyl sites for hydroxylation is 1. The van der Waals surface area contributed by atoms with Gasteiger partial charge in [-0.3, -0.25) is 4.79 Å². The number of carbonyl (C=O) groups is 1. The average molecular weight is 470 g/mol. The maximum atomic E-state index is 12.7. The van der Waals surface area contributed by atoms with Crippen molar-refractivity contribution >= 4 is 55.7 Å². The van der Waals surface area contributed by atoms with Crippen LogP contribution in [0.2, 0.25) is 0 Å². The fourth-order valence-electron chi connectivity index (χ4n) is 2.81. The van der Waals surface area contributed by atoms with E-state index in [1.807, 2.05) is 61.5 Å². The Hall–Kier alpha value is -2.25. The molecule has 26 heavy (non-hydrogen) atoms. The Balaban J connectivity index is 1.75. The number of halogens is 1. The molecule has 0 radical (unpaired) electrons. The lowest BCUT2D eigenvalue weighted by Crippen LogP contribution is -2.14. The van der Waals surface area contributed by atoms with Crippen LogP contribution in [0.5, 0.6) is 0 Å². The molecule has 5 heteroatoms. The fourth-order valence-corrected chi connectivity index (χ4v) is 4.29. The molecule has 0 aliphatic heterocycles. The van der Waals surface area contributed by atoms with Crippen LogP contribution in [0.15, 0.2) is 66.7 Å². The molecule has 0 spiro atoms. The largest absolute Gasteiger partial charge is 0.321 e. The van der Waals surface area contributed by atoms with Crippen molar-refractivity contribution in [3.05, 3.63) is 81.4 Å². The van der Waals surface area contributed by atoms with Gasteiger partial charge >= 0.3 is 0 Å². The Morgan fingerprint density at radius 2 is 1.81 bits per heavy atom. The lowest BCUT2D eigenvalue weighted by Gasteiger charge is -2.11. The normalized spacial score (nSPS) is 10.8. The Labute approximate surface area is 169 Å². The highest BCUT2D eigenvalue weighted by Gasteiger charge is 2.15. The van der Waals surface area contributed by atoms with Crippen LogP contribution >= 0.6 is 33.9 Å². The maximum Gasteiger partial charge on any atom is 0.255 e. The summed E-state index contributed by atoms with van der Waals surface area (Å²) in [7, 11) is 0. The third-order valence-electron chi connectivity index (χ3n) is 4.14. The predicted octanol–water partition coefficient (Wildman–Crippen LogP) is 6.13. The smallest absolute Gasteiger partial charge is 0.255 e. The summed E-state index contributed by atoms with van der Waals surface area (Å²) in [5.74, 6) is -0.105. The van der Waals surface area contributed by atoms with E-state index in [4.69, 9.17) is 4.98 Å². The molecule has 1 aromatic heterocycles. The molecule has 0 saturated carbocycles. The van der Waals surface area contributed by atoms with E-state index in [1.165, 1.54) is 0 Å². The Morgan fingerprint density at radius 3 is 2.62 bits per heavy atom. The van der Waals surface area contributed by atoms with E-state index in [0.29, 0.717) is 5.56 Å². The Bertz CT molecular complexity index is 1090. The first-order valence-corrected chi connectivity index (χ1v) is 10.0. The van der Waals surface area contributed by atoms with Crippen LogP contribution in [-0.4, -0.2) is 10.9 Å². The summed E-state index contributed by atoms with van der Waals surface area (Å²) in [6, 6.07) is 21.7. The van der Waals surface area contributed by atoms with Crippen molar-refractivity contribution in [1.82, 2.24) is 4.98 Å². The third-order valence-corrected chi connectivity index (χ3v) is 5.88. The maximum absolute atomic E-state index is 12.7. The van der Waals surface area contributed by atoms with Crippen molar-refractivity contribution in [1.29, 1.82) is 0 Å². The fraction of sp³-hybridized carbons (Fsp3) is 0.0476. The molecule has 128 valence electrons. The van der Waals surface area contributed by atoms with Crippen molar-refractivity contribution in [2.75, 3.05) is 5.32 Å². The van der Waals surface area contributed by atoms with E-state index in [-0.39, 0.29) is 5.91 Å². The van der Waals surface area contributed by atoms with Gasteiger partial charge in [-0.2, -0.15) is 0 Å². The van der Waals surface area contributed by atoms with E-state index in [1.54, 1.807) is 11.3 Å². The standard InChI is InChI=1S/C21H15IN2OS/c1-13-6-2-3-7-15(13)20(25)23-17-11-10-14(22)12-16(17)21-24-18-8-4-5-9-19(18)26-21/h2-12H,1H3,(H,23,25). The van der Waals surface area contributed by atoms with Gasteiger partial charge in [-0.15, -0.1) is 11.3 Å². The summed E-state index contributed by atoms with van der Waals surface area (Å²) in [5.41, 5.74) is 4.33. The van der Waals surface area contributed by atoms with Gasteiger partial charge in [0.2, 0.25) is 0 Å². The molecule has 1 N–H and O–H groups in total. The van der Waals surface area contributed by atoms with Gasteiger partial charge in [0.25, 0.3) is 5.91 Å². The zero-order valence-corrected chi connectivity index (χ0v) is 17.0. The van der Waals surface area contributed by atoms with E-state index >= 15 is 0 Å². The highest BCUT2D eigenvalue weighted by Crippen LogP contribution is 2.35. The molecule has 0 fully saturated rings. The van der Waals surface area contributed by atoms with Gasteiger partial charge in [0.05, 0.1) is 15.9 Å². The molecule has 0 unspecified atom stereocenters. The molecular formula is C21H15IN2OS. The molecule has 0 saturated heterocycles. The second-order valence-corrected chi connectivity index (χ2v) is 8.22. The minimum Gasteiger partial charge on any atom is -0.321 e. The van der Waals surface area contributed by atoms with E-state index < -0.39 is 0 Å². The number of nitrogens with zero attached hydrogens (tertiary/aromatic N) is 1. The molecule has 3 aromatic carbocycles. The molecule has 0 aliphatic carbocycles. The SMILES string of the molecule is Cc1ccccc1C(=O)Nc1ccc(I)cc1-c1nc2ccccc2s1. The first-order valence-electron chi connectivity index (χ1n) is 8.14. The minimum absolute atomic E-state index is 0.105. The first kappa shape index (κ1) is 17.2. The van der Waals surface area contributed by atoms with Crippen LogP contribution in [0, 0.1) is 10.5 Å². The van der Waals surface area contributed by atoms with Crippen LogP contribution in [0.4, 0.5) is 5.69 Å². The van der Waals surface area contributed by atoms with Gasteiger partial charge in [-0.25, -0.2) is 4.98 Å². The number of para-hydroxylation sites is 1. The summed E-state index contributed by atoms with van der Waals surface area (Å²) in [6.07, 6.45) is 0. The molecule has 1 amide bonds. The number of benzene rings is 3. The van der Waals surface area contributed by atoms with Gasteiger partial charge in [-0.05, 0) is 71.5 Å². The van der Waals surface area contributed by atoms with Crippen LogP contribution in [0.1, 0.15) is 15.9 Å². The molecular weight excluding hydrogens is 455 g/mol. The molecule has 1 heterocycles. The Morgan fingerprint density at radius 1 is 1.04 bits per heavy atom. The topological polar surface area (TPSA) is 42.0 Å². The summed E-state index contributed by atoms with van der Waals surface area (Å²) in [6.45, 7) is 1.94. The summed E-state index contributed by atoms with van der Waals surface area (Å²) in [4.78, 5) is 17.5. The number of hydrogen-bond acceptors (Lipinski definition) is 3. The summed E-state index contributed by atoms with van der Waals surface area (Å²) in [5, 5.41) is 3.97. The lowest BCUT2D eigenvalue weighted by atomic mass is 10.1. The second kappa shape index (κ2) is 7.17. The van der Waals surface area contributed by atoms with Gasteiger partial charge in [0.15, 0.2) is 0 Å². The van der Waals surface area contributed by atoms with Crippen molar-refractivity contribution in [2.24, 2.45) is 0 Å². The van der Waals surface area contributed by atoms with E-state index in [9.17, 15) is 4.79 Å². The zero-order valence-electron chi connectivity index (χ0n) is 14.0. The number of rotatable bonds is 3. The lowest BCUT2D eigenvalue weighted by molar-refractivity contribution is 0.102. The average Bonchev–Trinajstić information content (AvgIpc) is 3.07. The molecule has 0 bridgehead atoms. The Kier molecular flexibility index (Phi) is 4.74. The number of nitrogens with one attached hydrogen (secondary N) is 1. The van der Waals surface area contributed by atoms with Crippen molar-refractivity contribution in [3.63, 3.8) is 0 Å². The monoisotopic (exact) mass is 470 g/mol. The predicted molar refractivity (Wildman–Crippen MR) is 117 cm³/mol. The highest BCUT2D eigenvalue weighted by atomic mass is 127. The number of amides is 1.